The van der Waals surface area contributed by atoms with Gasteiger partial charge in [-0.1, -0.05) is 66.7 Å². The molecule has 28 heavy (non-hydrogen) atoms. The highest BCUT2D eigenvalue weighted by atomic mass is 35.5. The van der Waals surface area contributed by atoms with Gasteiger partial charge in [0.05, 0.1) is 16.8 Å². The lowest BCUT2D eigenvalue weighted by Gasteiger charge is -2.14. The van der Waals surface area contributed by atoms with Gasteiger partial charge in [-0.25, -0.2) is 0 Å². The largest absolute Gasteiger partial charge is 0.349 e. The number of amides is 1. The van der Waals surface area contributed by atoms with Gasteiger partial charge >= 0.3 is 0 Å². The molecule has 0 saturated heterocycles. The molecule has 1 atom stereocenters. The summed E-state index contributed by atoms with van der Waals surface area (Å²) in [5.74, 6) is 0.906. The molecule has 0 aliphatic rings. The minimum absolute atomic E-state index is 0.0423. The topological polar surface area (TPSA) is 59.8 Å². The van der Waals surface area contributed by atoms with Crippen LogP contribution in [0.5, 0.6) is 0 Å². The van der Waals surface area contributed by atoms with Crippen LogP contribution in [0.2, 0.25) is 5.02 Å². The van der Waals surface area contributed by atoms with Crippen molar-refractivity contribution < 1.29 is 4.79 Å². The first-order valence-electron chi connectivity index (χ1n) is 9.15. The maximum atomic E-state index is 12.4. The van der Waals surface area contributed by atoms with Crippen LogP contribution in [0.15, 0.2) is 53.7 Å². The molecule has 1 heterocycles. The van der Waals surface area contributed by atoms with Crippen LogP contribution >= 0.6 is 23.4 Å². The molecule has 146 valence electrons. The molecule has 0 bridgehead atoms. The average molecular weight is 415 g/mol. The number of halogens is 1. The normalized spacial score (nSPS) is 12.0. The molecule has 0 saturated carbocycles. The van der Waals surface area contributed by atoms with E-state index in [9.17, 15) is 4.79 Å². The second-order valence-electron chi connectivity index (χ2n) is 6.52. The van der Waals surface area contributed by atoms with Crippen LogP contribution in [-0.4, -0.2) is 26.4 Å². The van der Waals surface area contributed by atoms with Crippen molar-refractivity contribution in [2.24, 2.45) is 7.05 Å². The molecule has 2 aromatic carbocycles. The van der Waals surface area contributed by atoms with Gasteiger partial charge < -0.3 is 9.88 Å². The molecule has 0 spiro atoms. The first kappa shape index (κ1) is 20.4. The van der Waals surface area contributed by atoms with Crippen LogP contribution in [0, 0.1) is 0 Å². The average Bonchev–Trinajstić information content (AvgIpc) is 3.07. The minimum Gasteiger partial charge on any atom is -0.349 e. The molecule has 3 aromatic rings. The van der Waals surface area contributed by atoms with Crippen LogP contribution in [0.25, 0.3) is 11.4 Å². The zero-order chi connectivity index (χ0) is 20.1. The number of hydrogen-bond donors (Lipinski definition) is 1. The third kappa shape index (κ3) is 4.75. The van der Waals surface area contributed by atoms with Gasteiger partial charge in [0.2, 0.25) is 5.91 Å². The molecule has 7 heteroatoms. The number of benzene rings is 2. The Morgan fingerprint density at radius 1 is 1.18 bits per heavy atom. The second-order valence-corrected chi connectivity index (χ2v) is 7.87. The molecule has 0 fully saturated rings. The quantitative estimate of drug-likeness (QED) is 0.571. The minimum atomic E-state index is -0.0443. The zero-order valence-corrected chi connectivity index (χ0v) is 17.7. The third-order valence-corrected chi connectivity index (χ3v) is 5.90. The van der Waals surface area contributed by atoms with Crippen molar-refractivity contribution in [2.75, 3.05) is 5.75 Å². The Bertz CT molecular complexity index is 955. The Balaban J connectivity index is 1.59. The van der Waals surface area contributed by atoms with Gasteiger partial charge in [-0.15, -0.1) is 10.2 Å². The Labute approximate surface area is 174 Å². The number of carbonyl (C=O) groups excluding carboxylic acids is 1. The molecular weight excluding hydrogens is 392 g/mol. The zero-order valence-electron chi connectivity index (χ0n) is 16.1. The van der Waals surface area contributed by atoms with Crippen LogP contribution in [0.4, 0.5) is 0 Å². The SMILES string of the molecule is CCc1ccc(C(C)NC(=O)CSc2nnc(-c3ccccc3Cl)n2C)cc1. The van der Waals surface area contributed by atoms with Crippen molar-refractivity contribution in [3.8, 4) is 11.4 Å². The van der Waals surface area contributed by atoms with Crippen LogP contribution in [0.3, 0.4) is 0 Å². The molecule has 0 aliphatic carbocycles. The van der Waals surface area contributed by atoms with Crippen LogP contribution in [0.1, 0.15) is 31.0 Å². The molecule has 3 rings (SSSR count). The number of carbonyl (C=O) groups is 1. The summed E-state index contributed by atoms with van der Waals surface area (Å²) in [5.41, 5.74) is 3.20. The number of rotatable bonds is 7. The van der Waals surface area contributed by atoms with Crippen molar-refractivity contribution in [1.82, 2.24) is 20.1 Å². The highest BCUT2D eigenvalue weighted by Crippen LogP contribution is 2.28. The monoisotopic (exact) mass is 414 g/mol. The molecule has 1 amide bonds. The Morgan fingerprint density at radius 2 is 1.89 bits per heavy atom. The van der Waals surface area contributed by atoms with E-state index in [2.05, 4.69) is 46.7 Å². The lowest BCUT2D eigenvalue weighted by atomic mass is 10.1. The van der Waals surface area contributed by atoms with Gasteiger partial charge in [-0.3, -0.25) is 4.79 Å². The summed E-state index contributed by atoms with van der Waals surface area (Å²) >= 11 is 7.60. The van der Waals surface area contributed by atoms with E-state index in [1.54, 1.807) is 0 Å². The molecule has 0 radical (unpaired) electrons. The maximum absolute atomic E-state index is 12.4. The number of nitrogens with zero attached hydrogens (tertiary/aromatic N) is 3. The van der Waals surface area contributed by atoms with Crippen molar-refractivity contribution in [2.45, 2.75) is 31.5 Å². The van der Waals surface area contributed by atoms with E-state index in [0.29, 0.717) is 16.0 Å². The summed E-state index contributed by atoms with van der Waals surface area (Å²) in [6.07, 6.45) is 1.01. The van der Waals surface area contributed by atoms with Crippen molar-refractivity contribution >= 4 is 29.3 Å². The highest BCUT2D eigenvalue weighted by Gasteiger charge is 2.16. The number of thioether (sulfide) groups is 1. The lowest BCUT2D eigenvalue weighted by molar-refractivity contribution is -0.119. The summed E-state index contributed by atoms with van der Waals surface area (Å²) in [7, 11) is 1.87. The molecule has 1 aromatic heterocycles. The van der Waals surface area contributed by atoms with Crippen molar-refractivity contribution in [3.05, 3.63) is 64.7 Å². The first-order chi connectivity index (χ1) is 13.5. The van der Waals surface area contributed by atoms with Gasteiger partial charge in [0.1, 0.15) is 0 Å². The molecule has 1 N–H and O–H groups in total. The second kappa shape index (κ2) is 9.26. The number of aryl methyl sites for hydroxylation is 1. The van der Waals surface area contributed by atoms with Crippen LogP contribution < -0.4 is 5.32 Å². The van der Waals surface area contributed by atoms with Gasteiger partial charge in [-0.05, 0) is 36.6 Å². The smallest absolute Gasteiger partial charge is 0.230 e. The number of nitrogens with one attached hydrogen (secondary N) is 1. The van der Waals surface area contributed by atoms with E-state index in [1.807, 2.05) is 42.8 Å². The Hall–Kier alpha value is -2.31. The van der Waals surface area contributed by atoms with E-state index >= 15 is 0 Å². The summed E-state index contributed by atoms with van der Waals surface area (Å²) in [6.45, 7) is 4.11. The van der Waals surface area contributed by atoms with Gasteiger partial charge in [0.15, 0.2) is 11.0 Å². The highest BCUT2D eigenvalue weighted by molar-refractivity contribution is 7.99. The van der Waals surface area contributed by atoms with Gasteiger partial charge in [0.25, 0.3) is 0 Å². The van der Waals surface area contributed by atoms with Crippen molar-refractivity contribution in [3.63, 3.8) is 0 Å². The van der Waals surface area contributed by atoms with E-state index < -0.39 is 0 Å². The lowest BCUT2D eigenvalue weighted by Crippen LogP contribution is -2.28. The summed E-state index contributed by atoms with van der Waals surface area (Å²) in [6, 6.07) is 15.8. The number of hydrogen-bond acceptors (Lipinski definition) is 4. The van der Waals surface area contributed by atoms with Gasteiger partial charge in [-0.2, -0.15) is 0 Å². The standard InChI is InChI=1S/C21H23ClN4OS/c1-4-15-9-11-16(12-10-15)14(2)23-19(27)13-28-21-25-24-20(26(21)3)17-7-5-6-8-18(17)22/h5-12,14H,4,13H2,1-3H3,(H,23,27). The van der Waals surface area contributed by atoms with E-state index in [0.717, 1.165) is 17.5 Å². The Morgan fingerprint density at radius 3 is 2.57 bits per heavy atom. The third-order valence-electron chi connectivity index (χ3n) is 4.55. The Kier molecular flexibility index (Phi) is 6.75. The van der Waals surface area contributed by atoms with Crippen LogP contribution in [-0.2, 0) is 18.3 Å². The fourth-order valence-corrected chi connectivity index (χ4v) is 3.80. The molecular formula is C21H23ClN4OS. The van der Waals surface area contributed by atoms with E-state index in [-0.39, 0.29) is 17.7 Å². The summed E-state index contributed by atoms with van der Waals surface area (Å²) < 4.78 is 1.85. The predicted molar refractivity (Wildman–Crippen MR) is 115 cm³/mol. The molecule has 1 unspecified atom stereocenters. The number of aromatic nitrogens is 3. The summed E-state index contributed by atoms with van der Waals surface area (Å²) in [4.78, 5) is 12.4. The fraction of sp³-hybridized carbons (Fsp3) is 0.286. The summed E-state index contributed by atoms with van der Waals surface area (Å²) in [5, 5.41) is 12.7. The maximum Gasteiger partial charge on any atom is 0.230 e. The molecule has 5 nitrogen and oxygen atoms in total. The first-order valence-corrected chi connectivity index (χ1v) is 10.5. The van der Waals surface area contributed by atoms with Gasteiger partial charge in [0, 0.05) is 12.6 Å². The van der Waals surface area contributed by atoms with E-state index in [1.165, 1.54) is 17.3 Å². The predicted octanol–water partition coefficient (Wildman–Crippen LogP) is 4.67. The van der Waals surface area contributed by atoms with Crippen molar-refractivity contribution in [1.29, 1.82) is 0 Å². The molecule has 0 aliphatic heterocycles. The fourth-order valence-electron chi connectivity index (χ4n) is 2.86. The van der Waals surface area contributed by atoms with E-state index in [4.69, 9.17) is 11.6 Å².